The first-order valence-corrected chi connectivity index (χ1v) is 7.09. The van der Waals surface area contributed by atoms with Crippen molar-refractivity contribution in [3.8, 4) is 0 Å². The fraction of sp³-hybridized carbons (Fsp3) is 0.615. The Bertz CT molecular complexity index is 540. The van der Waals surface area contributed by atoms with Crippen molar-refractivity contribution in [3.05, 3.63) is 0 Å². The normalized spacial score (nSPS) is 28.9. The van der Waals surface area contributed by atoms with Gasteiger partial charge in [0.05, 0.1) is 0 Å². The van der Waals surface area contributed by atoms with Gasteiger partial charge in [0.1, 0.15) is 0 Å². The smallest absolute Gasteiger partial charge is 0.368 e. The lowest BCUT2D eigenvalue weighted by atomic mass is 10.2. The van der Waals surface area contributed by atoms with Gasteiger partial charge < -0.3 is 18.9 Å². The average Bonchev–Trinajstić information content (AvgIpc) is 2.99. The van der Waals surface area contributed by atoms with Crippen LogP contribution in [0.15, 0.2) is 0 Å². The third kappa shape index (κ3) is 3.12. The summed E-state index contributed by atoms with van der Waals surface area (Å²) in [6, 6.07) is 0. The van der Waals surface area contributed by atoms with Gasteiger partial charge in [0.15, 0.2) is 24.4 Å². The maximum atomic E-state index is 12.0. The van der Waals surface area contributed by atoms with E-state index in [1.165, 1.54) is 0 Å². The van der Waals surface area contributed by atoms with Crippen LogP contribution in [0.1, 0.15) is 0 Å². The maximum Gasteiger partial charge on any atom is 0.560 e. The van der Waals surface area contributed by atoms with E-state index < -0.39 is 54.2 Å². The van der Waals surface area contributed by atoms with Crippen LogP contribution in [0.4, 0.5) is 4.79 Å². The monoisotopic (exact) mass is 376 g/mol. The molecular formula is C13H16N2O11. The van der Waals surface area contributed by atoms with Crippen LogP contribution in [0.5, 0.6) is 0 Å². The first-order chi connectivity index (χ1) is 12.3. The first kappa shape index (κ1) is 19.7. The van der Waals surface area contributed by atoms with E-state index in [-0.39, 0.29) is 10.1 Å². The maximum absolute atomic E-state index is 12.0. The molecule has 2 heterocycles. The van der Waals surface area contributed by atoms with Crippen LogP contribution >= 0.6 is 0 Å². The molecule has 0 radical (unpaired) electrons. The van der Waals surface area contributed by atoms with Crippen LogP contribution in [0, 0.1) is 0 Å². The summed E-state index contributed by atoms with van der Waals surface area (Å²) < 4.78 is 19.3. The summed E-state index contributed by atoms with van der Waals surface area (Å²) in [6.07, 6.45) is -7.00. The van der Waals surface area contributed by atoms with E-state index in [4.69, 9.17) is 18.9 Å². The number of nitrogens with zero attached hydrogens (tertiary/aromatic N) is 2. The molecule has 0 aliphatic carbocycles. The minimum Gasteiger partial charge on any atom is -0.368 e. The van der Waals surface area contributed by atoms with Crippen molar-refractivity contribution in [3.63, 3.8) is 0 Å². The number of hydroxylamine groups is 4. The number of methoxy groups -OCH3 is 4. The van der Waals surface area contributed by atoms with Crippen LogP contribution in [0.3, 0.4) is 0 Å². The molecule has 4 amide bonds. The van der Waals surface area contributed by atoms with Crippen molar-refractivity contribution >= 4 is 29.8 Å². The zero-order valence-corrected chi connectivity index (χ0v) is 14.2. The molecule has 2 rings (SSSR count). The SMILES string of the molecule is COC1C(=O)N(OC(=O)ON2C(=O)C(OC)C(OC)C2=O)C(=O)C1OC. The lowest BCUT2D eigenvalue weighted by Gasteiger charge is -2.16. The second kappa shape index (κ2) is 7.74. The van der Waals surface area contributed by atoms with Gasteiger partial charge in [0.25, 0.3) is 23.6 Å². The number of ether oxygens (including phenoxy) is 4. The Morgan fingerprint density at radius 3 is 1.04 bits per heavy atom. The first-order valence-electron chi connectivity index (χ1n) is 7.09. The lowest BCUT2D eigenvalue weighted by molar-refractivity contribution is -0.201. The molecule has 0 N–H and O–H groups in total. The van der Waals surface area contributed by atoms with Gasteiger partial charge in [-0.1, -0.05) is 10.1 Å². The van der Waals surface area contributed by atoms with Crippen molar-refractivity contribution in [1.82, 2.24) is 10.1 Å². The summed E-state index contributed by atoms with van der Waals surface area (Å²) in [6.45, 7) is 0. The van der Waals surface area contributed by atoms with Gasteiger partial charge in [-0.15, -0.1) is 0 Å². The number of imide groups is 2. The van der Waals surface area contributed by atoms with Gasteiger partial charge >= 0.3 is 6.16 Å². The second-order valence-corrected chi connectivity index (χ2v) is 5.00. The van der Waals surface area contributed by atoms with Crippen LogP contribution in [0.2, 0.25) is 0 Å². The predicted molar refractivity (Wildman–Crippen MR) is 74.5 cm³/mol. The number of carbonyl (C=O) groups excluding carboxylic acids is 5. The summed E-state index contributed by atoms with van der Waals surface area (Å²) >= 11 is 0. The molecule has 0 spiro atoms. The lowest BCUT2D eigenvalue weighted by Crippen LogP contribution is -2.40. The van der Waals surface area contributed by atoms with E-state index in [0.29, 0.717) is 0 Å². The van der Waals surface area contributed by atoms with Gasteiger partial charge in [-0.2, -0.15) is 4.79 Å². The topological polar surface area (TPSA) is 147 Å². The zero-order valence-electron chi connectivity index (χ0n) is 14.2. The summed E-state index contributed by atoms with van der Waals surface area (Å²) in [5, 5.41) is 0.134. The minimum absolute atomic E-state index is 0.0668. The molecular weight excluding hydrogens is 360 g/mol. The number of hydrogen-bond donors (Lipinski definition) is 0. The quantitative estimate of drug-likeness (QED) is 0.464. The largest absolute Gasteiger partial charge is 0.560 e. The van der Waals surface area contributed by atoms with E-state index in [1.807, 2.05) is 0 Å². The van der Waals surface area contributed by atoms with E-state index in [2.05, 4.69) is 9.68 Å². The van der Waals surface area contributed by atoms with Gasteiger partial charge in [0, 0.05) is 28.4 Å². The van der Waals surface area contributed by atoms with Crippen LogP contribution in [0.25, 0.3) is 0 Å². The fourth-order valence-electron chi connectivity index (χ4n) is 2.44. The highest BCUT2D eigenvalue weighted by molar-refractivity contribution is 6.08. The van der Waals surface area contributed by atoms with E-state index in [1.54, 1.807) is 0 Å². The highest BCUT2D eigenvalue weighted by atomic mass is 16.9. The minimum atomic E-state index is -1.69. The Hall–Kier alpha value is -2.61. The standard InChI is InChI=1S/C13H16N2O11/c1-21-5-6(22-2)10(17)14(9(5)16)25-13(20)26-15-11(18)7(23-3)8(24-4)12(15)19/h5-8H,1-4H3. The number of rotatable bonds is 6. The van der Waals surface area contributed by atoms with Crippen molar-refractivity contribution < 1.29 is 52.6 Å². The molecule has 2 fully saturated rings. The van der Waals surface area contributed by atoms with Crippen LogP contribution in [-0.2, 0) is 47.8 Å². The van der Waals surface area contributed by atoms with Gasteiger partial charge in [0.2, 0.25) is 0 Å². The summed E-state index contributed by atoms with van der Waals surface area (Å²) in [5.74, 6) is -4.09. The molecule has 13 nitrogen and oxygen atoms in total. The summed E-state index contributed by atoms with van der Waals surface area (Å²) in [7, 11) is 4.62. The Labute approximate surface area is 146 Å². The van der Waals surface area contributed by atoms with Crippen molar-refractivity contribution in [2.75, 3.05) is 28.4 Å². The Balaban J connectivity index is 2.07. The van der Waals surface area contributed by atoms with E-state index >= 15 is 0 Å². The van der Waals surface area contributed by atoms with Gasteiger partial charge in [-0.3, -0.25) is 28.9 Å². The van der Waals surface area contributed by atoms with Gasteiger partial charge in [-0.05, 0) is 0 Å². The van der Waals surface area contributed by atoms with Crippen molar-refractivity contribution in [2.45, 2.75) is 24.4 Å². The Morgan fingerprint density at radius 2 is 0.846 bits per heavy atom. The highest BCUT2D eigenvalue weighted by Gasteiger charge is 2.54. The number of hydrogen-bond acceptors (Lipinski definition) is 11. The molecule has 0 bridgehead atoms. The fourth-order valence-corrected chi connectivity index (χ4v) is 2.44. The Kier molecular flexibility index (Phi) is 5.86. The molecule has 2 saturated heterocycles. The highest BCUT2D eigenvalue weighted by Crippen LogP contribution is 2.22. The summed E-state index contributed by atoms with van der Waals surface area (Å²) in [5.41, 5.74) is 0. The van der Waals surface area contributed by atoms with Crippen LogP contribution < -0.4 is 0 Å². The Morgan fingerprint density at radius 1 is 0.615 bits per heavy atom. The van der Waals surface area contributed by atoms with E-state index in [0.717, 1.165) is 28.4 Å². The second-order valence-electron chi connectivity index (χ2n) is 5.00. The molecule has 4 atom stereocenters. The number of carbonyl (C=O) groups is 5. The molecule has 144 valence electrons. The summed E-state index contributed by atoms with van der Waals surface area (Å²) in [4.78, 5) is 68.8. The third-order valence-electron chi connectivity index (χ3n) is 3.67. The molecule has 0 saturated carbocycles. The molecule has 26 heavy (non-hydrogen) atoms. The van der Waals surface area contributed by atoms with Crippen molar-refractivity contribution in [2.24, 2.45) is 0 Å². The third-order valence-corrected chi connectivity index (χ3v) is 3.67. The molecule has 4 unspecified atom stereocenters. The predicted octanol–water partition coefficient (Wildman–Crippen LogP) is -2.23. The van der Waals surface area contributed by atoms with Gasteiger partial charge in [-0.25, -0.2) is 0 Å². The van der Waals surface area contributed by atoms with Crippen LogP contribution in [-0.4, -0.2) is 92.8 Å². The zero-order chi connectivity index (χ0) is 19.6. The van der Waals surface area contributed by atoms with E-state index in [9.17, 15) is 24.0 Å². The molecule has 0 aromatic heterocycles. The molecule has 0 aromatic rings. The average molecular weight is 376 g/mol. The molecule has 0 aromatic carbocycles. The molecule has 2 aliphatic rings. The molecule has 13 heteroatoms. The molecule has 2 aliphatic heterocycles. The number of amides is 4. The van der Waals surface area contributed by atoms with Crippen molar-refractivity contribution in [1.29, 1.82) is 0 Å².